The minimum absolute atomic E-state index is 0.110. The van der Waals surface area contributed by atoms with Crippen molar-refractivity contribution in [3.8, 4) is 11.4 Å². The van der Waals surface area contributed by atoms with E-state index in [1.54, 1.807) is 13.2 Å². The van der Waals surface area contributed by atoms with Crippen molar-refractivity contribution in [2.24, 2.45) is 0 Å². The first-order chi connectivity index (χ1) is 9.63. The molecule has 0 aliphatic heterocycles. The number of H-pyrrole nitrogens is 1. The van der Waals surface area contributed by atoms with E-state index in [0.29, 0.717) is 29.5 Å². The van der Waals surface area contributed by atoms with E-state index in [0.717, 1.165) is 4.47 Å². The molecule has 1 aromatic heterocycles. The molecule has 0 saturated heterocycles. The number of alkyl halides is 1. The summed E-state index contributed by atoms with van der Waals surface area (Å²) in [6, 6.07) is 5.42. The van der Waals surface area contributed by atoms with Crippen LogP contribution in [0.1, 0.15) is 5.82 Å². The van der Waals surface area contributed by atoms with Gasteiger partial charge in [-0.1, -0.05) is 15.9 Å². The van der Waals surface area contributed by atoms with Gasteiger partial charge in [0.1, 0.15) is 12.5 Å². The van der Waals surface area contributed by atoms with Crippen molar-refractivity contribution in [3.63, 3.8) is 0 Å². The van der Waals surface area contributed by atoms with Crippen LogP contribution in [-0.2, 0) is 16.1 Å². The fraction of sp³-hybridized carbons (Fsp3) is 0.250. The van der Waals surface area contributed by atoms with E-state index in [2.05, 4.69) is 36.4 Å². The number of benzene rings is 1. The first kappa shape index (κ1) is 15.0. The molecule has 2 rings (SSSR count). The first-order valence-electron chi connectivity index (χ1n) is 5.70. The summed E-state index contributed by atoms with van der Waals surface area (Å²) >= 11 is 8.89. The third kappa shape index (κ3) is 3.56. The number of aromatic amines is 1. The molecule has 0 radical (unpaired) electrons. The number of aromatic nitrogens is 3. The van der Waals surface area contributed by atoms with Crippen molar-refractivity contribution in [1.82, 2.24) is 15.2 Å². The Hall–Kier alpha value is -1.44. The molecule has 6 nitrogen and oxygen atoms in total. The lowest BCUT2D eigenvalue weighted by atomic mass is 10.1. The van der Waals surface area contributed by atoms with Gasteiger partial charge in [-0.05, 0) is 18.2 Å². The Labute approximate surface area is 129 Å². The number of hydrogen-bond acceptors (Lipinski definition) is 4. The second kappa shape index (κ2) is 6.83. The number of methoxy groups -OCH3 is 1. The molecule has 8 heteroatoms. The molecule has 106 valence electrons. The molecule has 0 atom stereocenters. The molecule has 1 heterocycles. The highest BCUT2D eigenvalue weighted by atomic mass is 79.9. The van der Waals surface area contributed by atoms with Gasteiger partial charge in [0.15, 0.2) is 11.6 Å². The quantitative estimate of drug-likeness (QED) is 0.804. The summed E-state index contributed by atoms with van der Waals surface area (Å²) in [5.74, 6) is 0.688. The predicted octanol–water partition coefficient (Wildman–Crippen LogP) is 2.56. The minimum atomic E-state index is -0.285. The van der Waals surface area contributed by atoms with Crippen LogP contribution in [0.2, 0.25) is 0 Å². The largest absolute Gasteiger partial charge is 0.377 e. The summed E-state index contributed by atoms with van der Waals surface area (Å²) in [6.45, 7) is 0.313. The van der Waals surface area contributed by atoms with Gasteiger partial charge in [-0.25, -0.2) is 4.98 Å². The number of hydrogen-bond donors (Lipinski definition) is 2. The SMILES string of the molecule is COCc1n[nH]c(-c2cc(Br)ccc2NC(=O)CCl)n1. The Kier molecular flexibility index (Phi) is 5.11. The van der Waals surface area contributed by atoms with Crippen LogP contribution in [0.3, 0.4) is 0 Å². The lowest BCUT2D eigenvalue weighted by Crippen LogP contribution is -2.13. The molecule has 0 spiro atoms. The van der Waals surface area contributed by atoms with Crippen LogP contribution in [0.15, 0.2) is 22.7 Å². The van der Waals surface area contributed by atoms with Crippen molar-refractivity contribution >= 4 is 39.1 Å². The summed E-state index contributed by atoms with van der Waals surface area (Å²) in [4.78, 5) is 15.7. The van der Waals surface area contributed by atoms with Gasteiger partial charge in [-0.2, -0.15) is 5.10 Å². The van der Waals surface area contributed by atoms with Crippen molar-refractivity contribution in [3.05, 3.63) is 28.5 Å². The molecule has 0 unspecified atom stereocenters. The normalized spacial score (nSPS) is 10.6. The second-order valence-electron chi connectivity index (χ2n) is 3.90. The maximum absolute atomic E-state index is 11.4. The second-order valence-corrected chi connectivity index (χ2v) is 5.09. The standard InChI is InChI=1S/C12H12BrClN4O2/c1-20-6-10-16-12(18-17-10)8-4-7(13)2-3-9(8)15-11(19)5-14/h2-4H,5-6H2,1H3,(H,15,19)(H,16,17,18). The third-order valence-electron chi connectivity index (χ3n) is 2.44. The van der Waals surface area contributed by atoms with E-state index < -0.39 is 0 Å². The zero-order valence-corrected chi connectivity index (χ0v) is 13.0. The predicted molar refractivity (Wildman–Crippen MR) is 79.6 cm³/mol. The summed E-state index contributed by atoms with van der Waals surface area (Å²) < 4.78 is 5.83. The fourth-order valence-corrected chi connectivity index (χ4v) is 2.04. The zero-order valence-electron chi connectivity index (χ0n) is 10.6. The molecule has 0 saturated carbocycles. The Morgan fingerprint density at radius 3 is 3.05 bits per heavy atom. The molecule has 0 bridgehead atoms. The molecule has 1 aromatic carbocycles. The molecular weight excluding hydrogens is 348 g/mol. The van der Waals surface area contributed by atoms with Gasteiger partial charge in [0.2, 0.25) is 5.91 Å². The zero-order chi connectivity index (χ0) is 14.5. The van der Waals surface area contributed by atoms with Crippen molar-refractivity contribution in [2.45, 2.75) is 6.61 Å². The number of ether oxygens (including phenoxy) is 1. The fourth-order valence-electron chi connectivity index (χ4n) is 1.62. The number of carbonyl (C=O) groups excluding carboxylic acids is 1. The number of nitrogens with zero attached hydrogens (tertiary/aromatic N) is 2. The number of anilines is 1. The van der Waals surface area contributed by atoms with Crippen LogP contribution >= 0.6 is 27.5 Å². The summed E-state index contributed by atoms with van der Waals surface area (Å²) in [7, 11) is 1.57. The monoisotopic (exact) mass is 358 g/mol. The van der Waals surface area contributed by atoms with Crippen LogP contribution in [0.5, 0.6) is 0 Å². The lowest BCUT2D eigenvalue weighted by molar-refractivity contribution is -0.113. The summed E-state index contributed by atoms with van der Waals surface area (Å²) in [6.07, 6.45) is 0. The highest BCUT2D eigenvalue weighted by molar-refractivity contribution is 9.10. The van der Waals surface area contributed by atoms with Crippen LogP contribution in [0.25, 0.3) is 11.4 Å². The van der Waals surface area contributed by atoms with Gasteiger partial charge in [0, 0.05) is 17.1 Å². The number of rotatable bonds is 5. The van der Waals surface area contributed by atoms with Crippen molar-refractivity contribution < 1.29 is 9.53 Å². The molecule has 0 aliphatic carbocycles. The highest BCUT2D eigenvalue weighted by Crippen LogP contribution is 2.28. The summed E-state index contributed by atoms with van der Waals surface area (Å²) in [5.41, 5.74) is 1.33. The van der Waals surface area contributed by atoms with Crippen LogP contribution < -0.4 is 5.32 Å². The van der Waals surface area contributed by atoms with Gasteiger partial charge in [-0.3, -0.25) is 9.89 Å². The minimum Gasteiger partial charge on any atom is -0.377 e. The lowest BCUT2D eigenvalue weighted by Gasteiger charge is -2.08. The third-order valence-corrected chi connectivity index (χ3v) is 3.17. The Morgan fingerprint density at radius 1 is 1.55 bits per heavy atom. The maximum Gasteiger partial charge on any atom is 0.239 e. The van der Waals surface area contributed by atoms with E-state index >= 15 is 0 Å². The smallest absolute Gasteiger partial charge is 0.239 e. The summed E-state index contributed by atoms with van der Waals surface area (Å²) in [5, 5.41) is 9.57. The molecule has 2 N–H and O–H groups in total. The van der Waals surface area contributed by atoms with Gasteiger partial charge < -0.3 is 10.1 Å². The van der Waals surface area contributed by atoms with Crippen LogP contribution in [-0.4, -0.2) is 34.1 Å². The first-order valence-corrected chi connectivity index (χ1v) is 7.02. The van der Waals surface area contributed by atoms with Gasteiger partial charge in [0.25, 0.3) is 0 Å². The van der Waals surface area contributed by atoms with E-state index in [1.165, 1.54) is 0 Å². The Morgan fingerprint density at radius 2 is 2.35 bits per heavy atom. The van der Waals surface area contributed by atoms with Crippen LogP contribution in [0, 0.1) is 0 Å². The topological polar surface area (TPSA) is 79.9 Å². The molecule has 20 heavy (non-hydrogen) atoms. The molecule has 0 aliphatic rings. The van der Waals surface area contributed by atoms with E-state index in [4.69, 9.17) is 16.3 Å². The number of halogens is 2. The van der Waals surface area contributed by atoms with E-state index in [9.17, 15) is 4.79 Å². The average Bonchev–Trinajstić information content (AvgIpc) is 2.89. The van der Waals surface area contributed by atoms with Gasteiger partial charge in [0.05, 0.1) is 5.69 Å². The van der Waals surface area contributed by atoms with E-state index in [-0.39, 0.29) is 11.8 Å². The maximum atomic E-state index is 11.4. The Balaban J connectivity index is 2.37. The van der Waals surface area contributed by atoms with Crippen molar-refractivity contribution in [2.75, 3.05) is 18.3 Å². The number of nitrogens with one attached hydrogen (secondary N) is 2. The molecule has 1 amide bonds. The number of amides is 1. The van der Waals surface area contributed by atoms with Crippen molar-refractivity contribution in [1.29, 1.82) is 0 Å². The molecule has 0 fully saturated rings. The van der Waals surface area contributed by atoms with Gasteiger partial charge in [-0.15, -0.1) is 11.6 Å². The van der Waals surface area contributed by atoms with E-state index in [1.807, 2.05) is 12.1 Å². The van der Waals surface area contributed by atoms with Crippen LogP contribution in [0.4, 0.5) is 5.69 Å². The highest BCUT2D eigenvalue weighted by Gasteiger charge is 2.12. The Bertz CT molecular complexity index is 617. The molecular formula is C12H12BrClN4O2. The molecule has 2 aromatic rings. The van der Waals surface area contributed by atoms with Gasteiger partial charge >= 0.3 is 0 Å². The average molecular weight is 360 g/mol. The number of carbonyl (C=O) groups is 1.